The fraction of sp³-hybridized carbons (Fsp3) is 0.120. The summed E-state index contributed by atoms with van der Waals surface area (Å²) < 4.78 is 25.2. The third-order valence-corrected chi connectivity index (χ3v) is 5.66. The van der Waals surface area contributed by atoms with Gasteiger partial charge in [0.25, 0.3) is 5.91 Å². The van der Waals surface area contributed by atoms with Crippen molar-refractivity contribution in [1.82, 2.24) is 0 Å². The molecule has 3 aromatic carbocycles. The van der Waals surface area contributed by atoms with E-state index in [2.05, 4.69) is 0 Å². The van der Waals surface area contributed by atoms with Gasteiger partial charge in [0.1, 0.15) is 17.1 Å². The zero-order valence-electron chi connectivity index (χ0n) is 17.0. The molecule has 0 spiro atoms. The van der Waals surface area contributed by atoms with Crippen molar-refractivity contribution in [2.75, 3.05) is 11.5 Å². The number of carbonyl (C=O) groups excluding carboxylic acids is 1. The standard InChI is InChI=1S/C25H17ClFNO4/c1-2-31-18-9-7-17(8-10-18)28-22(14-4-3-5-15(26)12-14)21-23(29)19-13-16(27)6-11-20(19)32-24(21)25(28)30/h3-13,22H,2H2,1H3. The van der Waals surface area contributed by atoms with Crippen LogP contribution in [0.25, 0.3) is 11.0 Å². The molecule has 0 N–H and O–H groups in total. The number of benzene rings is 3. The predicted octanol–water partition coefficient (Wildman–Crippen LogP) is 5.73. The summed E-state index contributed by atoms with van der Waals surface area (Å²) in [5, 5.41) is 0.545. The molecule has 1 aliphatic rings. The first kappa shape index (κ1) is 20.3. The normalized spacial score (nSPS) is 15.3. The van der Waals surface area contributed by atoms with Crippen LogP contribution in [-0.2, 0) is 0 Å². The number of fused-ring (bicyclic) bond motifs is 2. The number of hydrogen-bond acceptors (Lipinski definition) is 4. The van der Waals surface area contributed by atoms with E-state index in [9.17, 15) is 14.0 Å². The van der Waals surface area contributed by atoms with Crippen molar-refractivity contribution >= 4 is 34.2 Å². The molecule has 4 aromatic rings. The Kier molecular flexibility index (Phi) is 4.94. The Morgan fingerprint density at radius 3 is 2.56 bits per heavy atom. The molecule has 1 amide bonds. The Morgan fingerprint density at radius 1 is 1.06 bits per heavy atom. The van der Waals surface area contributed by atoms with Crippen LogP contribution in [0.15, 0.2) is 75.9 Å². The van der Waals surface area contributed by atoms with Crippen molar-refractivity contribution in [1.29, 1.82) is 0 Å². The SMILES string of the molecule is CCOc1ccc(N2C(=O)c3oc4ccc(F)cc4c(=O)c3C2c2cccc(Cl)c2)cc1. The minimum absolute atomic E-state index is 0.0621. The molecule has 32 heavy (non-hydrogen) atoms. The number of rotatable bonds is 4. The monoisotopic (exact) mass is 449 g/mol. The maximum atomic E-state index is 13.9. The van der Waals surface area contributed by atoms with E-state index in [1.807, 2.05) is 6.92 Å². The van der Waals surface area contributed by atoms with Gasteiger partial charge in [0, 0.05) is 10.7 Å². The second-order valence-electron chi connectivity index (χ2n) is 7.37. The number of amides is 1. The number of ether oxygens (including phenoxy) is 1. The van der Waals surface area contributed by atoms with E-state index in [4.69, 9.17) is 20.8 Å². The van der Waals surface area contributed by atoms with Crippen LogP contribution < -0.4 is 15.1 Å². The lowest BCUT2D eigenvalue weighted by molar-refractivity contribution is 0.0971. The van der Waals surface area contributed by atoms with Crippen molar-refractivity contribution < 1.29 is 18.3 Å². The minimum atomic E-state index is -0.780. The van der Waals surface area contributed by atoms with Crippen LogP contribution in [0.4, 0.5) is 10.1 Å². The fourth-order valence-corrected chi connectivity index (χ4v) is 4.27. The summed E-state index contributed by atoms with van der Waals surface area (Å²) in [6, 6.07) is 16.8. The smallest absolute Gasteiger partial charge is 0.295 e. The Hall–Kier alpha value is -3.64. The van der Waals surface area contributed by atoms with Crippen LogP contribution in [0.2, 0.25) is 5.02 Å². The van der Waals surface area contributed by atoms with Gasteiger partial charge in [-0.1, -0.05) is 23.7 Å². The molecule has 5 nitrogen and oxygen atoms in total. The first-order valence-electron chi connectivity index (χ1n) is 10.1. The quantitative estimate of drug-likeness (QED) is 0.399. The third-order valence-electron chi connectivity index (χ3n) is 5.42. The van der Waals surface area contributed by atoms with Crippen LogP contribution >= 0.6 is 11.6 Å². The third kappa shape index (κ3) is 3.24. The van der Waals surface area contributed by atoms with Crippen LogP contribution in [0.1, 0.15) is 34.6 Å². The Bertz CT molecular complexity index is 1410. The highest BCUT2D eigenvalue weighted by Crippen LogP contribution is 2.42. The van der Waals surface area contributed by atoms with Crippen molar-refractivity contribution in [2.24, 2.45) is 0 Å². The average Bonchev–Trinajstić information content (AvgIpc) is 3.08. The molecule has 0 saturated heterocycles. The molecule has 160 valence electrons. The molecule has 7 heteroatoms. The number of anilines is 1. The lowest BCUT2D eigenvalue weighted by Crippen LogP contribution is -2.29. The molecule has 0 fully saturated rings. The summed E-state index contributed by atoms with van der Waals surface area (Å²) in [6.07, 6.45) is 0. The van der Waals surface area contributed by atoms with E-state index in [0.717, 1.165) is 6.07 Å². The first-order chi connectivity index (χ1) is 15.5. The van der Waals surface area contributed by atoms with Crippen molar-refractivity contribution in [2.45, 2.75) is 13.0 Å². The molecule has 0 radical (unpaired) electrons. The van der Waals surface area contributed by atoms with Gasteiger partial charge in [-0.2, -0.15) is 0 Å². The molecule has 5 rings (SSSR count). The Balaban J connectivity index is 1.76. The van der Waals surface area contributed by atoms with Crippen LogP contribution in [0.5, 0.6) is 5.75 Å². The van der Waals surface area contributed by atoms with Gasteiger partial charge in [-0.25, -0.2) is 4.39 Å². The Labute approximate surface area is 187 Å². The van der Waals surface area contributed by atoms with Gasteiger partial charge in [-0.15, -0.1) is 0 Å². The predicted molar refractivity (Wildman–Crippen MR) is 120 cm³/mol. The summed E-state index contributed by atoms with van der Waals surface area (Å²) in [6.45, 7) is 2.40. The zero-order valence-corrected chi connectivity index (χ0v) is 17.7. The molecule has 0 bridgehead atoms. The van der Waals surface area contributed by atoms with E-state index >= 15 is 0 Å². The molecule has 1 unspecified atom stereocenters. The maximum absolute atomic E-state index is 13.9. The molecular weight excluding hydrogens is 433 g/mol. The van der Waals surface area contributed by atoms with Crippen molar-refractivity contribution in [3.05, 3.63) is 105 Å². The van der Waals surface area contributed by atoms with E-state index in [-0.39, 0.29) is 22.3 Å². The average molecular weight is 450 g/mol. The maximum Gasteiger partial charge on any atom is 0.295 e. The first-order valence-corrected chi connectivity index (χ1v) is 10.4. The highest BCUT2D eigenvalue weighted by Gasteiger charge is 2.43. The Morgan fingerprint density at radius 2 is 1.84 bits per heavy atom. The van der Waals surface area contributed by atoms with Crippen LogP contribution in [-0.4, -0.2) is 12.5 Å². The van der Waals surface area contributed by atoms with Crippen LogP contribution in [0, 0.1) is 5.82 Å². The van der Waals surface area contributed by atoms with Gasteiger partial charge in [-0.05, 0) is 67.1 Å². The summed E-state index contributed by atoms with van der Waals surface area (Å²) in [7, 11) is 0. The number of hydrogen-bond donors (Lipinski definition) is 0. The lowest BCUT2D eigenvalue weighted by Gasteiger charge is -2.25. The van der Waals surface area contributed by atoms with E-state index in [1.54, 1.807) is 48.5 Å². The summed E-state index contributed by atoms with van der Waals surface area (Å²) in [5.74, 6) is -0.419. The fourth-order valence-electron chi connectivity index (χ4n) is 4.07. The number of nitrogens with zero attached hydrogens (tertiary/aromatic N) is 1. The van der Waals surface area contributed by atoms with E-state index in [0.29, 0.717) is 28.6 Å². The summed E-state index contributed by atoms with van der Waals surface area (Å²) >= 11 is 6.22. The molecule has 1 aliphatic heterocycles. The molecule has 2 heterocycles. The van der Waals surface area contributed by atoms with E-state index < -0.39 is 23.2 Å². The van der Waals surface area contributed by atoms with Crippen molar-refractivity contribution in [3.8, 4) is 5.75 Å². The number of halogens is 2. The lowest BCUT2D eigenvalue weighted by atomic mass is 9.98. The molecule has 0 aliphatic carbocycles. The number of carbonyl (C=O) groups is 1. The van der Waals surface area contributed by atoms with Crippen LogP contribution in [0.3, 0.4) is 0 Å². The van der Waals surface area contributed by atoms with Crippen molar-refractivity contribution in [3.63, 3.8) is 0 Å². The second-order valence-corrected chi connectivity index (χ2v) is 7.81. The van der Waals surface area contributed by atoms with Gasteiger partial charge in [0.05, 0.1) is 23.6 Å². The highest BCUT2D eigenvalue weighted by molar-refractivity contribution is 6.30. The topological polar surface area (TPSA) is 59.8 Å². The molecule has 0 saturated carbocycles. The molecule has 1 aromatic heterocycles. The van der Waals surface area contributed by atoms with Gasteiger partial charge in [-0.3, -0.25) is 14.5 Å². The van der Waals surface area contributed by atoms with Gasteiger partial charge < -0.3 is 9.15 Å². The van der Waals surface area contributed by atoms with Gasteiger partial charge >= 0.3 is 0 Å². The highest BCUT2D eigenvalue weighted by atomic mass is 35.5. The molecule has 1 atom stereocenters. The summed E-state index contributed by atoms with van der Waals surface area (Å²) in [4.78, 5) is 28.4. The largest absolute Gasteiger partial charge is 0.494 e. The summed E-state index contributed by atoms with van der Waals surface area (Å²) in [5.41, 5.74) is 1.06. The van der Waals surface area contributed by atoms with Gasteiger partial charge in [0.15, 0.2) is 5.43 Å². The van der Waals surface area contributed by atoms with Gasteiger partial charge in [0.2, 0.25) is 5.76 Å². The minimum Gasteiger partial charge on any atom is -0.494 e. The second kappa shape index (κ2) is 7.80. The van der Waals surface area contributed by atoms with E-state index in [1.165, 1.54) is 17.0 Å². The molecular formula is C25H17ClFNO4. The zero-order chi connectivity index (χ0) is 22.4.